The van der Waals surface area contributed by atoms with E-state index >= 15 is 0 Å². The molecule has 4 rings (SSSR count). The summed E-state index contributed by atoms with van der Waals surface area (Å²) in [6.07, 6.45) is 0. The lowest BCUT2D eigenvalue weighted by Crippen LogP contribution is -2.21. The van der Waals surface area contributed by atoms with Crippen molar-refractivity contribution in [2.75, 3.05) is 4.90 Å². The van der Waals surface area contributed by atoms with Crippen molar-refractivity contribution in [3.63, 3.8) is 0 Å². The minimum absolute atomic E-state index is 0.412. The molecule has 0 aliphatic rings. The molecular weight excluding hydrogens is 337 g/mol. The Morgan fingerprint density at radius 3 is 1.78 bits per heavy atom. The number of fused-ring (bicyclic) bond motifs is 1. The Labute approximate surface area is 158 Å². The molecule has 0 saturated carbocycles. The first-order valence-electron chi connectivity index (χ1n) is 8.68. The van der Waals surface area contributed by atoms with Crippen molar-refractivity contribution in [3.8, 4) is 5.75 Å². The number of anilines is 3. The van der Waals surface area contributed by atoms with E-state index in [9.17, 15) is 10.0 Å². The van der Waals surface area contributed by atoms with Crippen molar-refractivity contribution in [1.29, 1.82) is 0 Å². The molecule has 0 aliphatic carbocycles. The molecule has 4 aromatic carbocycles. The smallest absolute Gasteiger partial charge is 0.511 e. The fourth-order valence-corrected chi connectivity index (χ4v) is 3.20. The van der Waals surface area contributed by atoms with Crippen LogP contribution in [-0.4, -0.2) is 17.4 Å². The fourth-order valence-electron chi connectivity index (χ4n) is 3.20. The van der Waals surface area contributed by atoms with Crippen LogP contribution in [0.1, 0.15) is 0 Å². The maximum Gasteiger partial charge on any atom is 0.707 e. The van der Waals surface area contributed by atoms with Crippen LogP contribution >= 0.6 is 0 Å². The first-order chi connectivity index (χ1) is 13.2. The Morgan fingerprint density at radius 2 is 1.19 bits per heavy atom. The summed E-state index contributed by atoms with van der Waals surface area (Å²) in [5.74, 6) is 0.412. The van der Waals surface area contributed by atoms with Gasteiger partial charge in [-0.1, -0.05) is 60.7 Å². The lowest BCUT2D eigenvalue weighted by atomic mass is 10.1. The molecule has 0 aromatic heterocycles. The molecule has 0 amide bonds. The maximum absolute atomic E-state index is 9.35. The molecule has 5 heteroatoms. The van der Waals surface area contributed by atoms with Crippen molar-refractivity contribution in [1.82, 2.24) is 0 Å². The minimum Gasteiger partial charge on any atom is -0.511 e. The molecule has 4 nitrogen and oxygen atoms in total. The van der Waals surface area contributed by atoms with E-state index in [0.29, 0.717) is 5.75 Å². The van der Waals surface area contributed by atoms with Crippen molar-refractivity contribution in [2.45, 2.75) is 0 Å². The van der Waals surface area contributed by atoms with Gasteiger partial charge in [0, 0.05) is 22.8 Å². The first kappa shape index (κ1) is 17.2. The Hall–Kier alpha value is -3.28. The Morgan fingerprint density at radius 1 is 0.630 bits per heavy atom. The number of para-hydroxylation sites is 2. The van der Waals surface area contributed by atoms with Gasteiger partial charge in [-0.3, -0.25) is 0 Å². The highest BCUT2D eigenvalue weighted by Gasteiger charge is 2.18. The van der Waals surface area contributed by atoms with Gasteiger partial charge in [0.2, 0.25) is 0 Å². The van der Waals surface area contributed by atoms with Crippen LogP contribution in [0.3, 0.4) is 0 Å². The SMILES string of the molecule is OB(O)Oc1cc(N(c2ccccc2)c2ccccc2)cc2ccccc12. The van der Waals surface area contributed by atoms with Gasteiger partial charge in [-0.2, -0.15) is 0 Å². The van der Waals surface area contributed by atoms with Gasteiger partial charge in [-0.15, -0.1) is 0 Å². The Kier molecular flexibility index (Phi) is 4.79. The molecule has 0 spiro atoms. The summed E-state index contributed by atoms with van der Waals surface area (Å²) in [4.78, 5) is 2.10. The van der Waals surface area contributed by atoms with E-state index in [2.05, 4.69) is 11.0 Å². The van der Waals surface area contributed by atoms with Gasteiger partial charge in [-0.05, 0) is 35.7 Å². The highest BCUT2D eigenvalue weighted by molar-refractivity contribution is 6.34. The maximum atomic E-state index is 9.35. The molecule has 0 radical (unpaired) electrons. The largest absolute Gasteiger partial charge is 0.707 e. The third-order valence-electron chi connectivity index (χ3n) is 4.33. The van der Waals surface area contributed by atoms with Gasteiger partial charge in [0.05, 0.1) is 5.69 Å². The molecule has 132 valence electrons. The molecule has 0 saturated heterocycles. The number of benzene rings is 4. The predicted molar refractivity (Wildman–Crippen MR) is 109 cm³/mol. The second-order valence-electron chi connectivity index (χ2n) is 6.12. The molecule has 0 heterocycles. The molecule has 0 bridgehead atoms. The molecule has 0 unspecified atom stereocenters. The second-order valence-corrected chi connectivity index (χ2v) is 6.12. The van der Waals surface area contributed by atoms with E-state index < -0.39 is 7.32 Å². The summed E-state index contributed by atoms with van der Waals surface area (Å²) < 4.78 is 5.27. The van der Waals surface area contributed by atoms with Gasteiger partial charge < -0.3 is 19.6 Å². The third kappa shape index (κ3) is 3.65. The first-order valence-corrected chi connectivity index (χ1v) is 8.68. The summed E-state index contributed by atoms with van der Waals surface area (Å²) in [5, 5.41) is 20.5. The summed E-state index contributed by atoms with van der Waals surface area (Å²) in [6, 6.07) is 31.6. The lowest BCUT2D eigenvalue weighted by Gasteiger charge is -2.26. The molecule has 0 aliphatic heterocycles. The number of hydrogen-bond donors (Lipinski definition) is 2. The van der Waals surface area contributed by atoms with Gasteiger partial charge >= 0.3 is 7.32 Å². The van der Waals surface area contributed by atoms with Crippen molar-refractivity contribution < 1.29 is 14.7 Å². The molecule has 0 atom stereocenters. The summed E-state index contributed by atoms with van der Waals surface area (Å²) in [5.41, 5.74) is 2.85. The third-order valence-corrected chi connectivity index (χ3v) is 4.33. The van der Waals surface area contributed by atoms with E-state index in [-0.39, 0.29) is 0 Å². The minimum atomic E-state index is -1.88. The molecule has 4 aromatic rings. The van der Waals surface area contributed by atoms with Crippen LogP contribution in [0.15, 0.2) is 97.1 Å². The monoisotopic (exact) mass is 355 g/mol. The van der Waals surface area contributed by atoms with E-state index in [1.807, 2.05) is 91.0 Å². The van der Waals surface area contributed by atoms with Gasteiger partial charge in [-0.25, -0.2) is 0 Å². The molecule has 0 fully saturated rings. The molecule has 2 N–H and O–H groups in total. The number of nitrogens with zero attached hydrogens (tertiary/aromatic N) is 1. The van der Waals surface area contributed by atoms with Crippen LogP contribution in [0, 0.1) is 0 Å². The van der Waals surface area contributed by atoms with Crippen LogP contribution in [0.5, 0.6) is 5.75 Å². The highest BCUT2D eigenvalue weighted by atomic mass is 16.6. The van der Waals surface area contributed by atoms with Crippen LogP contribution < -0.4 is 9.55 Å². The normalized spacial score (nSPS) is 10.6. The average molecular weight is 355 g/mol. The van der Waals surface area contributed by atoms with Crippen LogP contribution in [0.25, 0.3) is 10.8 Å². The lowest BCUT2D eigenvalue weighted by molar-refractivity contribution is 0.289. The van der Waals surface area contributed by atoms with Gasteiger partial charge in [0.25, 0.3) is 0 Å². The number of rotatable bonds is 5. The quantitative estimate of drug-likeness (QED) is 0.512. The zero-order chi connectivity index (χ0) is 18.6. The highest BCUT2D eigenvalue weighted by Crippen LogP contribution is 2.39. The topological polar surface area (TPSA) is 52.9 Å². The van der Waals surface area contributed by atoms with E-state index in [0.717, 1.165) is 27.8 Å². The average Bonchev–Trinajstić information content (AvgIpc) is 2.69. The summed E-state index contributed by atoms with van der Waals surface area (Å²) in [6.45, 7) is 0. The Balaban J connectivity index is 1.93. The van der Waals surface area contributed by atoms with Crippen molar-refractivity contribution >= 4 is 35.2 Å². The predicted octanol–water partition coefficient (Wildman–Crippen LogP) is 4.66. The molecular formula is C22H18BNO3. The van der Waals surface area contributed by atoms with Crippen LogP contribution in [-0.2, 0) is 0 Å². The molecule has 27 heavy (non-hydrogen) atoms. The second kappa shape index (κ2) is 7.54. The summed E-state index contributed by atoms with van der Waals surface area (Å²) >= 11 is 0. The Bertz CT molecular complexity index is 1000. The summed E-state index contributed by atoms with van der Waals surface area (Å²) in [7, 11) is -1.88. The van der Waals surface area contributed by atoms with Gasteiger partial charge in [0.1, 0.15) is 5.75 Å². The van der Waals surface area contributed by atoms with Crippen molar-refractivity contribution in [3.05, 3.63) is 97.1 Å². The standard InChI is InChI=1S/C22H18BNO3/c25-23(26)27-22-16-20(15-17-9-7-8-14-21(17)22)24(18-10-3-1-4-11-18)19-12-5-2-6-13-19/h1-16,25-26H. The zero-order valence-electron chi connectivity index (χ0n) is 14.6. The van der Waals surface area contributed by atoms with Crippen molar-refractivity contribution in [2.24, 2.45) is 0 Å². The van der Waals surface area contributed by atoms with E-state index in [1.54, 1.807) is 0 Å². The fraction of sp³-hybridized carbons (Fsp3) is 0. The number of hydrogen-bond acceptors (Lipinski definition) is 4. The van der Waals surface area contributed by atoms with Crippen LogP contribution in [0.4, 0.5) is 17.1 Å². The zero-order valence-corrected chi connectivity index (χ0v) is 14.6. The van der Waals surface area contributed by atoms with E-state index in [4.69, 9.17) is 4.65 Å². The van der Waals surface area contributed by atoms with Crippen LogP contribution in [0.2, 0.25) is 0 Å². The van der Waals surface area contributed by atoms with E-state index in [1.165, 1.54) is 0 Å². The van der Waals surface area contributed by atoms with Gasteiger partial charge in [0.15, 0.2) is 0 Å².